The standard InChI is InChI=1S/C16H17FN2O2/c1-11-6-7-12(17)15(10-11)21-9-8-16(20)19-14-5-3-2-4-13(14)18/h2-7,10H,8-9,18H2,1H3,(H,19,20). The predicted octanol–water partition coefficient (Wildman–Crippen LogP) is 3.12. The summed E-state index contributed by atoms with van der Waals surface area (Å²) in [5, 5.41) is 2.68. The van der Waals surface area contributed by atoms with Crippen LogP contribution in [0.2, 0.25) is 0 Å². The number of amides is 1. The Bertz CT molecular complexity index is 644. The second-order valence-corrected chi connectivity index (χ2v) is 4.67. The van der Waals surface area contributed by atoms with E-state index < -0.39 is 5.82 Å². The van der Waals surface area contributed by atoms with Gasteiger partial charge in [0.25, 0.3) is 0 Å². The highest BCUT2D eigenvalue weighted by Crippen LogP contribution is 2.19. The molecule has 2 rings (SSSR count). The molecule has 0 atom stereocenters. The number of aryl methyl sites for hydroxylation is 1. The Balaban J connectivity index is 1.85. The monoisotopic (exact) mass is 288 g/mol. The van der Waals surface area contributed by atoms with E-state index in [1.165, 1.54) is 6.07 Å². The summed E-state index contributed by atoms with van der Waals surface area (Å²) in [6.07, 6.45) is 0.113. The van der Waals surface area contributed by atoms with E-state index in [9.17, 15) is 9.18 Å². The molecule has 0 aliphatic carbocycles. The minimum absolute atomic E-state index is 0.0962. The fourth-order valence-corrected chi connectivity index (χ4v) is 1.80. The minimum Gasteiger partial charge on any atom is -0.490 e. The Hall–Kier alpha value is -2.56. The van der Waals surface area contributed by atoms with Crippen molar-refractivity contribution in [1.29, 1.82) is 0 Å². The molecule has 0 unspecified atom stereocenters. The number of halogens is 1. The number of hydrogen-bond donors (Lipinski definition) is 2. The number of nitrogens with one attached hydrogen (secondary N) is 1. The van der Waals surface area contributed by atoms with Crippen LogP contribution >= 0.6 is 0 Å². The topological polar surface area (TPSA) is 64.3 Å². The zero-order chi connectivity index (χ0) is 15.2. The van der Waals surface area contributed by atoms with Crippen LogP contribution in [0.25, 0.3) is 0 Å². The molecule has 4 nitrogen and oxygen atoms in total. The van der Waals surface area contributed by atoms with E-state index in [0.717, 1.165) is 5.56 Å². The first kappa shape index (κ1) is 14.8. The predicted molar refractivity (Wildman–Crippen MR) is 80.7 cm³/mol. The third-order valence-corrected chi connectivity index (χ3v) is 2.91. The van der Waals surface area contributed by atoms with Gasteiger partial charge in [0.05, 0.1) is 24.4 Å². The lowest BCUT2D eigenvalue weighted by atomic mass is 10.2. The van der Waals surface area contributed by atoms with Crippen molar-refractivity contribution < 1.29 is 13.9 Å². The second kappa shape index (κ2) is 6.74. The molecule has 2 aromatic rings. The number of nitrogen functional groups attached to an aromatic ring is 1. The fraction of sp³-hybridized carbons (Fsp3) is 0.188. The number of benzene rings is 2. The Morgan fingerprint density at radius 2 is 2.05 bits per heavy atom. The van der Waals surface area contributed by atoms with Crippen molar-refractivity contribution in [2.24, 2.45) is 0 Å². The summed E-state index contributed by atoms with van der Waals surface area (Å²) in [5.41, 5.74) is 7.68. The number of para-hydroxylation sites is 2. The molecule has 21 heavy (non-hydrogen) atoms. The molecule has 0 saturated carbocycles. The maximum absolute atomic E-state index is 13.5. The molecule has 0 radical (unpaired) electrons. The fourth-order valence-electron chi connectivity index (χ4n) is 1.80. The van der Waals surface area contributed by atoms with Crippen LogP contribution in [-0.4, -0.2) is 12.5 Å². The van der Waals surface area contributed by atoms with Crippen molar-refractivity contribution in [2.45, 2.75) is 13.3 Å². The van der Waals surface area contributed by atoms with Gasteiger partial charge in [-0.05, 0) is 36.8 Å². The number of carbonyl (C=O) groups excluding carboxylic acids is 1. The molecule has 0 heterocycles. The molecule has 0 spiro atoms. The number of ether oxygens (including phenoxy) is 1. The molecule has 5 heteroatoms. The van der Waals surface area contributed by atoms with Gasteiger partial charge in [0, 0.05) is 0 Å². The highest BCUT2D eigenvalue weighted by atomic mass is 19.1. The van der Waals surface area contributed by atoms with E-state index in [1.807, 2.05) is 6.92 Å². The quantitative estimate of drug-likeness (QED) is 0.831. The van der Waals surface area contributed by atoms with Crippen molar-refractivity contribution in [1.82, 2.24) is 0 Å². The summed E-state index contributed by atoms with van der Waals surface area (Å²) in [7, 11) is 0. The number of carbonyl (C=O) groups is 1. The summed E-state index contributed by atoms with van der Waals surface area (Å²) in [6.45, 7) is 1.94. The summed E-state index contributed by atoms with van der Waals surface area (Å²) in [5.74, 6) is -0.517. The molecule has 0 fully saturated rings. The van der Waals surface area contributed by atoms with E-state index in [-0.39, 0.29) is 24.7 Å². The Labute approximate surface area is 122 Å². The first-order valence-corrected chi connectivity index (χ1v) is 6.59. The first-order valence-electron chi connectivity index (χ1n) is 6.59. The Morgan fingerprint density at radius 3 is 2.81 bits per heavy atom. The van der Waals surface area contributed by atoms with Crippen molar-refractivity contribution >= 4 is 17.3 Å². The average molecular weight is 288 g/mol. The van der Waals surface area contributed by atoms with Gasteiger partial charge in [-0.3, -0.25) is 4.79 Å². The van der Waals surface area contributed by atoms with Crippen LogP contribution in [0.3, 0.4) is 0 Å². The molecule has 2 aromatic carbocycles. The summed E-state index contributed by atoms with van der Waals surface area (Å²) >= 11 is 0. The van der Waals surface area contributed by atoms with Crippen molar-refractivity contribution in [3.63, 3.8) is 0 Å². The third-order valence-electron chi connectivity index (χ3n) is 2.91. The molecule has 0 aliphatic rings. The van der Waals surface area contributed by atoms with Gasteiger partial charge in [-0.2, -0.15) is 0 Å². The highest BCUT2D eigenvalue weighted by molar-refractivity contribution is 5.93. The molecular formula is C16H17FN2O2. The van der Waals surface area contributed by atoms with Gasteiger partial charge in [0.1, 0.15) is 0 Å². The van der Waals surface area contributed by atoms with Crippen LogP contribution in [-0.2, 0) is 4.79 Å². The maximum atomic E-state index is 13.5. The smallest absolute Gasteiger partial charge is 0.227 e. The lowest BCUT2D eigenvalue weighted by Crippen LogP contribution is -2.16. The molecule has 110 valence electrons. The van der Waals surface area contributed by atoms with Crippen LogP contribution in [0.15, 0.2) is 42.5 Å². The van der Waals surface area contributed by atoms with Gasteiger partial charge in [-0.15, -0.1) is 0 Å². The normalized spacial score (nSPS) is 10.2. The van der Waals surface area contributed by atoms with Crippen LogP contribution in [0.5, 0.6) is 5.75 Å². The van der Waals surface area contributed by atoms with E-state index in [2.05, 4.69) is 5.32 Å². The van der Waals surface area contributed by atoms with Gasteiger partial charge < -0.3 is 15.8 Å². The van der Waals surface area contributed by atoms with E-state index in [4.69, 9.17) is 10.5 Å². The van der Waals surface area contributed by atoms with E-state index in [1.54, 1.807) is 36.4 Å². The van der Waals surface area contributed by atoms with Gasteiger partial charge in [-0.25, -0.2) is 4.39 Å². The van der Waals surface area contributed by atoms with Gasteiger partial charge >= 0.3 is 0 Å². The largest absolute Gasteiger partial charge is 0.490 e. The summed E-state index contributed by atoms with van der Waals surface area (Å²) in [4.78, 5) is 11.8. The molecule has 0 aromatic heterocycles. The van der Waals surface area contributed by atoms with Crippen LogP contribution in [0.1, 0.15) is 12.0 Å². The van der Waals surface area contributed by atoms with Crippen molar-refractivity contribution in [3.8, 4) is 5.75 Å². The maximum Gasteiger partial charge on any atom is 0.227 e. The number of anilines is 2. The molecule has 0 bridgehead atoms. The van der Waals surface area contributed by atoms with Crippen LogP contribution in [0, 0.1) is 12.7 Å². The summed E-state index contributed by atoms with van der Waals surface area (Å²) < 4.78 is 18.7. The van der Waals surface area contributed by atoms with Crippen LogP contribution < -0.4 is 15.8 Å². The second-order valence-electron chi connectivity index (χ2n) is 4.67. The Morgan fingerprint density at radius 1 is 1.29 bits per heavy atom. The van der Waals surface area contributed by atoms with Crippen molar-refractivity contribution in [3.05, 3.63) is 53.8 Å². The number of nitrogens with two attached hydrogens (primary N) is 1. The summed E-state index contributed by atoms with van der Waals surface area (Å²) in [6, 6.07) is 11.6. The number of rotatable bonds is 5. The zero-order valence-corrected chi connectivity index (χ0v) is 11.7. The highest BCUT2D eigenvalue weighted by Gasteiger charge is 2.07. The molecule has 3 N–H and O–H groups in total. The molecule has 1 amide bonds. The van der Waals surface area contributed by atoms with Gasteiger partial charge in [0.2, 0.25) is 5.91 Å². The SMILES string of the molecule is Cc1ccc(F)c(OCCC(=O)Nc2ccccc2N)c1. The lowest BCUT2D eigenvalue weighted by molar-refractivity contribution is -0.116. The van der Waals surface area contributed by atoms with Gasteiger partial charge in [-0.1, -0.05) is 18.2 Å². The van der Waals surface area contributed by atoms with Crippen LogP contribution in [0.4, 0.5) is 15.8 Å². The number of hydrogen-bond acceptors (Lipinski definition) is 3. The van der Waals surface area contributed by atoms with E-state index >= 15 is 0 Å². The van der Waals surface area contributed by atoms with Gasteiger partial charge in [0.15, 0.2) is 11.6 Å². The first-order chi connectivity index (χ1) is 10.1. The Kier molecular flexibility index (Phi) is 4.77. The molecular weight excluding hydrogens is 271 g/mol. The van der Waals surface area contributed by atoms with E-state index in [0.29, 0.717) is 11.4 Å². The average Bonchev–Trinajstić information content (AvgIpc) is 2.45. The molecule has 0 aliphatic heterocycles. The zero-order valence-electron chi connectivity index (χ0n) is 11.7. The third kappa shape index (κ3) is 4.21. The minimum atomic E-state index is -0.437. The molecule has 0 saturated heterocycles. The lowest BCUT2D eigenvalue weighted by Gasteiger charge is -2.09. The van der Waals surface area contributed by atoms with Crippen molar-refractivity contribution in [2.75, 3.05) is 17.7 Å².